The average molecular weight is 378 g/mol. The Balaban J connectivity index is 1.66. The van der Waals surface area contributed by atoms with Gasteiger partial charge in [0.25, 0.3) is 5.91 Å². The molecular formula is C22H22N2O4. The molecule has 0 saturated carbocycles. The Hall–Kier alpha value is -3.54. The molecule has 2 N–H and O–H groups in total. The smallest absolute Gasteiger partial charge is 0.341 e. The quantitative estimate of drug-likeness (QED) is 0.566. The van der Waals surface area contributed by atoms with Gasteiger partial charge in [0.15, 0.2) is 6.10 Å². The van der Waals surface area contributed by atoms with Crippen LogP contribution in [0.4, 0.5) is 11.4 Å². The maximum Gasteiger partial charge on any atom is 0.341 e. The van der Waals surface area contributed by atoms with Crippen molar-refractivity contribution in [3.05, 3.63) is 84.3 Å². The molecule has 0 aliphatic carbocycles. The van der Waals surface area contributed by atoms with E-state index < -0.39 is 12.1 Å². The third kappa shape index (κ3) is 5.01. The minimum atomic E-state index is -0.883. The van der Waals surface area contributed by atoms with Gasteiger partial charge in [-0.15, -0.1) is 0 Å². The lowest BCUT2D eigenvalue weighted by atomic mass is 10.1. The molecule has 28 heavy (non-hydrogen) atoms. The Kier molecular flexibility index (Phi) is 6.46. The Morgan fingerprint density at radius 1 is 1.00 bits per heavy atom. The van der Waals surface area contributed by atoms with Crippen LogP contribution in [0.5, 0.6) is 0 Å². The first-order valence-electron chi connectivity index (χ1n) is 9.09. The van der Waals surface area contributed by atoms with Gasteiger partial charge in [-0.3, -0.25) is 4.79 Å². The zero-order chi connectivity index (χ0) is 19.8. The fourth-order valence-corrected chi connectivity index (χ4v) is 2.67. The maximum atomic E-state index is 12.7. The summed E-state index contributed by atoms with van der Waals surface area (Å²) in [5.41, 5.74) is 1.63. The molecule has 0 fully saturated rings. The lowest BCUT2D eigenvalue weighted by molar-refractivity contribution is -0.124. The van der Waals surface area contributed by atoms with Gasteiger partial charge in [0, 0.05) is 11.4 Å². The second-order valence-corrected chi connectivity index (χ2v) is 6.14. The summed E-state index contributed by atoms with van der Waals surface area (Å²) in [5, 5.41) is 5.93. The summed E-state index contributed by atoms with van der Waals surface area (Å²) in [6.45, 7) is 2.23. The molecule has 0 saturated heterocycles. The Labute approximate surface area is 163 Å². The van der Waals surface area contributed by atoms with Gasteiger partial charge in [0.1, 0.15) is 5.76 Å². The largest absolute Gasteiger partial charge is 0.467 e. The molecule has 1 amide bonds. The summed E-state index contributed by atoms with van der Waals surface area (Å²) in [7, 11) is 0. The summed E-state index contributed by atoms with van der Waals surface area (Å²) in [4.78, 5) is 25.1. The van der Waals surface area contributed by atoms with Crippen LogP contribution < -0.4 is 10.6 Å². The predicted octanol–water partition coefficient (Wildman–Crippen LogP) is 4.47. The fraction of sp³-hybridized carbons (Fsp3) is 0.182. The number of ether oxygens (including phenoxy) is 1. The molecule has 0 radical (unpaired) electrons. The monoisotopic (exact) mass is 378 g/mol. The van der Waals surface area contributed by atoms with E-state index in [2.05, 4.69) is 10.6 Å². The highest BCUT2D eigenvalue weighted by Gasteiger charge is 2.23. The Morgan fingerprint density at radius 3 is 2.46 bits per heavy atom. The molecular weight excluding hydrogens is 356 g/mol. The molecule has 6 nitrogen and oxygen atoms in total. The van der Waals surface area contributed by atoms with Gasteiger partial charge < -0.3 is 19.8 Å². The number of amides is 1. The highest BCUT2D eigenvalue weighted by molar-refractivity contribution is 5.99. The zero-order valence-corrected chi connectivity index (χ0v) is 15.6. The number of carbonyl (C=O) groups is 2. The predicted molar refractivity (Wildman–Crippen MR) is 107 cm³/mol. The zero-order valence-electron chi connectivity index (χ0n) is 15.6. The van der Waals surface area contributed by atoms with Crippen molar-refractivity contribution in [1.29, 1.82) is 0 Å². The lowest BCUT2D eigenvalue weighted by Gasteiger charge is -2.17. The minimum absolute atomic E-state index is 0.358. The Bertz CT molecular complexity index is 907. The summed E-state index contributed by atoms with van der Waals surface area (Å²) in [6.07, 6.45) is 1.08. The van der Waals surface area contributed by atoms with E-state index in [-0.39, 0.29) is 5.91 Å². The van der Waals surface area contributed by atoms with Crippen molar-refractivity contribution < 1.29 is 18.7 Å². The molecule has 6 heteroatoms. The normalized spacial score (nSPS) is 11.5. The first-order valence-corrected chi connectivity index (χ1v) is 9.09. The minimum Gasteiger partial charge on any atom is -0.467 e. The second kappa shape index (κ2) is 9.41. The molecule has 1 aromatic heterocycles. The molecule has 0 spiro atoms. The van der Waals surface area contributed by atoms with Crippen LogP contribution in [0.15, 0.2) is 77.4 Å². The van der Waals surface area contributed by atoms with Gasteiger partial charge in [-0.2, -0.15) is 0 Å². The van der Waals surface area contributed by atoms with Crippen molar-refractivity contribution in [2.75, 3.05) is 10.6 Å². The number of esters is 1. The number of nitrogens with one attached hydrogen (secondary N) is 2. The van der Waals surface area contributed by atoms with Crippen LogP contribution in [0.3, 0.4) is 0 Å². The second-order valence-electron chi connectivity index (χ2n) is 6.14. The number of anilines is 2. The molecule has 1 unspecified atom stereocenters. The van der Waals surface area contributed by atoms with Gasteiger partial charge >= 0.3 is 5.97 Å². The van der Waals surface area contributed by atoms with Crippen LogP contribution >= 0.6 is 0 Å². The van der Waals surface area contributed by atoms with Gasteiger partial charge in [-0.1, -0.05) is 37.3 Å². The number of para-hydroxylation sites is 2. The number of rotatable bonds is 8. The number of furan rings is 1. The molecule has 3 aromatic rings. The molecule has 0 aliphatic heterocycles. The van der Waals surface area contributed by atoms with Gasteiger partial charge in [0.2, 0.25) is 0 Å². The van der Waals surface area contributed by atoms with Crippen LogP contribution in [0.1, 0.15) is 29.5 Å². The van der Waals surface area contributed by atoms with Crippen LogP contribution in [-0.2, 0) is 16.1 Å². The average Bonchev–Trinajstić information content (AvgIpc) is 3.25. The Morgan fingerprint density at radius 2 is 1.75 bits per heavy atom. The number of hydrogen-bond donors (Lipinski definition) is 2. The molecule has 3 rings (SSSR count). The van der Waals surface area contributed by atoms with E-state index >= 15 is 0 Å². The van der Waals surface area contributed by atoms with Gasteiger partial charge in [-0.05, 0) is 42.8 Å². The lowest BCUT2D eigenvalue weighted by Crippen LogP contribution is -2.32. The third-order valence-corrected chi connectivity index (χ3v) is 4.13. The number of hydrogen-bond acceptors (Lipinski definition) is 5. The standard InChI is InChI=1S/C22H22N2O4/c1-2-20(21(25)24-16-9-4-3-5-10-16)28-22(26)18-12-6-7-13-19(18)23-15-17-11-8-14-27-17/h3-14,20,23H,2,15H2,1H3,(H,24,25). The maximum absolute atomic E-state index is 12.7. The van der Waals surface area contributed by atoms with E-state index in [1.165, 1.54) is 0 Å². The van der Waals surface area contributed by atoms with E-state index in [9.17, 15) is 9.59 Å². The first kappa shape index (κ1) is 19.2. The van der Waals surface area contributed by atoms with Crippen LogP contribution in [0.25, 0.3) is 0 Å². The third-order valence-electron chi connectivity index (χ3n) is 4.13. The van der Waals surface area contributed by atoms with E-state index in [0.29, 0.717) is 29.9 Å². The summed E-state index contributed by atoms with van der Waals surface area (Å²) >= 11 is 0. The van der Waals surface area contributed by atoms with Crippen molar-refractivity contribution >= 4 is 23.3 Å². The van der Waals surface area contributed by atoms with Crippen molar-refractivity contribution in [2.45, 2.75) is 26.0 Å². The first-order chi connectivity index (χ1) is 13.7. The van der Waals surface area contributed by atoms with Crippen LogP contribution in [0, 0.1) is 0 Å². The van der Waals surface area contributed by atoms with E-state index in [1.807, 2.05) is 30.3 Å². The SMILES string of the molecule is CCC(OC(=O)c1ccccc1NCc1ccco1)C(=O)Nc1ccccc1. The van der Waals surface area contributed by atoms with Crippen LogP contribution in [-0.4, -0.2) is 18.0 Å². The van der Waals surface area contributed by atoms with E-state index in [1.54, 1.807) is 49.6 Å². The van der Waals surface area contributed by atoms with E-state index in [4.69, 9.17) is 9.15 Å². The van der Waals surface area contributed by atoms with Crippen LogP contribution in [0.2, 0.25) is 0 Å². The molecule has 144 valence electrons. The van der Waals surface area contributed by atoms with Gasteiger partial charge in [0.05, 0.1) is 18.4 Å². The molecule has 0 aliphatic rings. The topological polar surface area (TPSA) is 80.6 Å². The summed E-state index contributed by atoms with van der Waals surface area (Å²) in [5.74, 6) is -0.169. The number of benzene rings is 2. The molecule has 1 atom stereocenters. The highest BCUT2D eigenvalue weighted by Crippen LogP contribution is 2.19. The molecule has 1 heterocycles. The highest BCUT2D eigenvalue weighted by atomic mass is 16.5. The summed E-state index contributed by atoms with van der Waals surface area (Å²) in [6, 6.07) is 19.7. The molecule has 2 aromatic carbocycles. The van der Waals surface area contributed by atoms with E-state index in [0.717, 1.165) is 5.76 Å². The van der Waals surface area contributed by atoms with Crippen molar-refractivity contribution in [1.82, 2.24) is 0 Å². The van der Waals surface area contributed by atoms with Crippen molar-refractivity contribution in [3.8, 4) is 0 Å². The fourth-order valence-electron chi connectivity index (χ4n) is 2.67. The summed E-state index contributed by atoms with van der Waals surface area (Å²) < 4.78 is 10.8. The van der Waals surface area contributed by atoms with Gasteiger partial charge in [-0.25, -0.2) is 4.79 Å². The van der Waals surface area contributed by atoms with Crippen molar-refractivity contribution in [2.24, 2.45) is 0 Å². The molecule has 0 bridgehead atoms. The number of carbonyl (C=O) groups excluding carboxylic acids is 2. The van der Waals surface area contributed by atoms with Crippen molar-refractivity contribution in [3.63, 3.8) is 0 Å².